The molecule has 0 aliphatic carbocycles. The summed E-state index contributed by atoms with van der Waals surface area (Å²) in [6, 6.07) is 6.03. The molecule has 1 aromatic carbocycles. The Morgan fingerprint density at radius 1 is 1.45 bits per heavy atom. The molecule has 1 heterocycles. The van der Waals surface area contributed by atoms with Gasteiger partial charge in [0, 0.05) is 38.4 Å². The Labute approximate surface area is 119 Å². The number of piperazine rings is 1. The molecule has 1 aliphatic rings. The fourth-order valence-electron chi connectivity index (χ4n) is 2.56. The molecule has 1 saturated heterocycles. The summed E-state index contributed by atoms with van der Waals surface area (Å²) in [4.78, 5) is 16.4. The third kappa shape index (κ3) is 3.35. The van der Waals surface area contributed by atoms with E-state index < -0.39 is 0 Å². The monoisotopic (exact) mass is 279 g/mol. The van der Waals surface area contributed by atoms with Crippen molar-refractivity contribution in [2.75, 3.05) is 37.6 Å². The molecule has 110 valence electrons. The predicted molar refractivity (Wildman–Crippen MR) is 78.3 cm³/mol. The van der Waals surface area contributed by atoms with Crippen molar-refractivity contribution < 1.29 is 9.18 Å². The molecule has 1 unspecified atom stereocenters. The zero-order valence-corrected chi connectivity index (χ0v) is 12.1. The van der Waals surface area contributed by atoms with Crippen molar-refractivity contribution in [3.8, 4) is 0 Å². The Bertz CT molecular complexity index is 460. The van der Waals surface area contributed by atoms with Crippen LogP contribution < -0.4 is 10.2 Å². The largest absolute Gasteiger partial charge is 0.314 e. The first-order valence-corrected chi connectivity index (χ1v) is 7.15. The van der Waals surface area contributed by atoms with Crippen LogP contribution in [0.1, 0.15) is 13.8 Å². The van der Waals surface area contributed by atoms with E-state index in [-0.39, 0.29) is 17.8 Å². The molecular formula is C15H22FN3O. The number of hydrogen-bond donors (Lipinski definition) is 1. The summed E-state index contributed by atoms with van der Waals surface area (Å²) < 4.78 is 13.3. The molecule has 4 nitrogen and oxygen atoms in total. The first kappa shape index (κ1) is 14.9. The SMILES string of the molecule is CCN(C(=O)C(C)N1CCNCC1)c1cccc(F)c1. The van der Waals surface area contributed by atoms with Crippen LogP contribution in [0, 0.1) is 5.82 Å². The van der Waals surface area contributed by atoms with Crippen LogP contribution in [-0.2, 0) is 4.79 Å². The van der Waals surface area contributed by atoms with Gasteiger partial charge >= 0.3 is 0 Å². The predicted octanol–water partition coefficient (Wildman–Crippen LogP) is 1.47. The zero-order valence-electron chi connectivity index (χ0n) is 12.1. The topological polar surface area (TPSA) is 35.6 Å². The second-order valence-corrected chi connectivity index (χ2v) is 5.02. The number of carbonyl (C=O) groups excluding carboxylic acids is 1. The first-order valence-electron chi connectivity index (χ1n) is 7.15. The van der Waals surface area contributed by atoms with E-state index in [1.54, 1.807) is 17.0 Å². The summed E-state index contributed by atoms with van der Waals surface area (Å²) in [5.74, 6) is -0.288. The maximum absolute atomic E-state index is 13.3. The quantitative estimate of drug-likeness (QED) is 0.906. The average molecular weight is 279 g/mol. The van der Waals surface area contributed by atoms with E-state index in [9.17, 15) is 9.18 Å². The molecule has 0 bridgehead atoms. The average Bonchev–Trinajstić information content (AvgIpc) is 2.48. The smallest absolute Gasteiger partial charge is 0.244 e. The molecule has 1 fully saturated rings. The maximum atomic E-state index is 13.3. The van der Waals surface area contributed by atoms with Crippen molar-refractivity contribution in [1.29, 1.82) is 0 Å². The Balaban J connectivity index is 2.12. The molecule has 0 spiro atoms. The molecule has 0 saturated carbocycles. The number of anilines is 1. The highest BCUT2D eigenvalue weighted by Gasteiger charge is 2.27. The molecule has 0 radical (unpaired) electrons. The molecule has 0 aromatic heterocycles. The molecule has 1 amide bonds. The van der Waals surface area contributed by atoms with Crippen LogP contribution in [0.5, 0.6) is 0 Å². The number of rotatable bonds is 4. The Hall–Kier alpha value is -1.46. The number of nitrogens with zero attached hydrogens (tertiary/aromatic N) is 2. The van der Waals surface area contributed by atoms with Gasteiger partial charge in [-0.2, -0.15) is 0 Å². The van der Waals surface area contributed by atoms with Gasteiger partial charge in [0.1, 0.15) is 5.82 Å². The third-order valence-electron chi connectivity index (χ3n) is 3.76. The second-order valence-electron chi connectivity index (χ2n) is 5.02. The standard InChI is InChI=1S/C15H22FN3O/c1-3-19(14-6-4-5-13(16)11-14)15(20)12(2)18-9-7-17-8-10-18/h4-6,11-12,17H,3,7-10H2,1-2H3. The highest BCUT2D eigenvalue weighted by molar-refractivity contribution is 5.96. The lowest BCUT2D eigenvalue weighted by Crippen LogP contribution is -2.53. The van der Waals surface area contributed by atoms with Gasteiger partial charge in [-0.3, -0.25) is 9.69 Å². The summed E-state index contributed by atoms with van der Waals surface area (Å²) in [5.41, 5.74) is 0.625. The van der Waals surface area contributed by atoms with Crippen LogP contribution in [0.3, 0.4) is 0 Å². The van der Waals surface area contributed by atoms with Gasteiger partial charge in [-0.05, 0) is 32.0 Å². The van der Waals surface area contributed by atoms with Crippen molar-refractivity contribution in [2.24, 2.45) is 0 Å². The summed E-state index contributed by atoms with van der Waals surface area (Å²) >= 11 is 0. The number of benzene rings is 1. The number of hydrogen-bond acceptors (Lipinski definition) is 3. The summed E-state index contributed by atoms with van der Waals surface area (Å²) in [5, 5.41) is 3.27. The van der Waals surface area contributed by atoms with Gasteiger partial charge in [0.05, 0.1) is 6.04 Å². The number of halogens is 1. The highest BCUT2D eigenvalue weighted by atomic mass is 19.1. The second kappa shape index (κ2) is 6.81. The van der Waals surface area contributed by atoms with Crippen LogP contribution in [0.4, 0.5) is 10.1 Å². The minimum absolute atomic E-state index is 0.0278. The van der Waals surface area contributed by atoms with Crippen molar-refractivity contribution in [3.63, 3.8) is 0 Å². The Morgan fingerprint density at radius 3 is 2.75 bits per heavy atom. The number of likely N-dealkylation sites (N-methyl/N-ethyl adjacent to an activating group) is 1. The van der Waals surface area contributed by atoms with E-state index in [0.29, 0.717) is 12.2 Å². The van der Waals surface area contributed by atoms with Crippen LogP contribution in [0.15, 0.2) is 24.3 Å². The van der Waals surface area contributed by atoms with Crippen LogP contribution in [-0.4, -0.2) is 49.6 Å². The van der Waals surface area contributed by atoms with Crippen molar-refractivity contribution in [1.82, 2.24) is 10.2 Å². The van der Waals surface area contributed by atoms with Crippen molar-refractivity contribution >= 4 is 11.6 Å². The van der Waals surface area contributed by atoms with E-state index in [1.165, 1.54) is 12.1 Å². The van der Waals surface area contributed by atoms with Crippen molar-refractivity contribution in [3.05, 3.63) is 30.1 Å². The third-order valence-corrected chi connectivity index (χ3v) is 3.76. The van der Waals surface area contributed by atoms with Crippen LogP contribution >= 0.6 is 0 Å². The fraction of sp³-hybridized carbons (Fsp3) is 0.533. The summed E-state index contributed by atoms with van der Waals surface area (Å²) in [7, 11) is 0. The van der Waals surface area contributed by atoms with E-state index in [1.807, 2.05) is 13.8 Å². The lowest BCUT2D eigenvalue weighted by molar-refractivity contribution is -0.123. The molecular weight excluding hydrogens is 257 g/mol. The van der Waals surface area contributed by atoms with E-state index in [4.69, 9.17) is 0 Å². The van der Waals surface area contributed by atoms with Gasteiger partial charge in [-0.15, -0.1) is 0 Å². The molecule has 2 rings (SSSR count). The summed E-state index contributed by atoms with van der Waals surface area (Å²) in [6.45, 7) is 7.93. The van der Waals surface area contributed by atoms with Gasteiger partial charge in [-0.25, -0.2) is 4.39 Å². The minimum Gasteiger partial charge on any atom is -0.314 e. The lowest BCUT2D eigenvalue weighted by atomic mass is 10.2. The molecule has 1 aromatic rings. The van der Waals surface area contributed by atoms with E-state index in [2.05, 4.69) is 10.2 Å². The minimum atomic E-state index is -0.316. The fourth-order valence-corrected chi connectivity index (χ4v) is 2.56. The lowest BCUT2D eigenvalue weighted by Gasteiger charge is -2.34. The van der Waals surface area contributed by atoms with Gasteiger partial charge in [-0.1, -0.05) is 6.07 Å². The Kier molecular flexibility index (Phi) is 5.09. The van der Waals surface area contributed by atoms with E-state index >= 15 is 0 Å². The molecule has 1 aliphatic heterocycles. The van der Waals surface area contributed by atoms with Gasteiger partial charge in [0.25, 0.3) is 0 Å². The normalized spacial score (nSPS) is 17.8. The highest BCUT2D eigenvalue weighted by Crippen LogP contribution is 2.18. The maximum Gasteiger partial charge on any atom is 0.244 e. The summed E-state index contributed by atoms with van der Waals surface area (Å²) in [6.07, 6.45) is 0. The number of amides is 1. The molecule has 1 N–H and O–H groups in total. The zero-order chi connectivity index (χ0) is 14.5. The van der Waals surface area contributed by atoms with Crippen LogP contribution in [0.25, 0.3) is 0 Å². The molecule has 1 atom stereocenters. The van der Waals surface area contributed by atoms with Gasteiger partial charge < -0.3 is 10.2 Å². The Morgan fingerprint density at radius 2 is 2.15 bits per heavy atom. The van der Waals surface area contributed by atoms with Crippen molar-refractivity contribution in [2.45, 2.75) is 19.9 Å². The van der Waals surface area contributed by atoms with E-state index in [0.717, 1.165) is 26.2 Å². The van der Waals surface area contributed by atoms with Crippen LogP contribution in [0.2, 0.25) is 0 Å². The number of carbonyl (C=O) groups is 1. The number of nitrogens with one attached hydrogen (secondary N) is 1. The first-order chi connectivity index (χ1) is 9.63. The van der Waals surface area contributed by atoms with Gasteiger partial charge in [0.15, 0.2) is 0 Å². The molecule has 5 heteroatoms. The van der Waals surface area contributed by atoms with Gasteiger partial charge in [0.2, 0.25) is 5.91 Å². The molecule has 20 heavy (non-hydrogen) atoms.